The van der Waals surface area contributed by atoms with Crippen molar-refractivity contribution in [1.29, 1.82) is 0 Å². The van der Waals surface area contributed by atoms with Gasteiger partial charge in [-0.25, -0.2) is 0 Å². The van der Waals surface area contributed by atoms with E-state index >= 15 is 0 Å². The van der Waals surface area contributed by atoms with Gasteiger partial charge in [0.1, 0.15) is 0 Å². The molecule has 0 aliphatic heterocycles. The predicted molar refractivity (Wildman–Crippen MR) is 70.3 cm³/mol. The molecule has 1 nitrogen and oxygen atoms in total. The zero-order chi connectivity index (χ0) is 11.6. The molecular weight excluding hydrogens is 194 g/mol. The predicted octanol–water partition coefficient (Wildman–Crippen LogP) is 4.11. The molecule has 1 heteroatoms. The van der Waals surface area contributed by atoms with Crippen molar-refractivity contribution < 1.29 is 0 Å². The maximum absolute atomic E-state index is 6.60. The van der Waals surface area contributed by atoms with Crippen molar-refractivity contribution in [3.05, 3.63) is 0 Å². The van der Waals surface area contributed by atoms with Crippen molar-refractivity contribution in [3.63, 3.8) is 0 Å². The molecule has 0 atom stereocenters. The number of hydrogen-bond donors (Lipinski definition) is 1. The van der Waals surface area contributed by atoms with E-state index in [2.05, 4.69) is 13.8 Å². The lowest BCUT2D eigenvalue weighted by Crippen LogP contribution is -2.45. The highest BCUT2D eigenvalue weighted by molar-refractivity contribution is 4.92. The standard InChI is InChI=1S/C15H29N/c1-12(2)14-7-9-15(16,10-8-14)11-13-5-3-4-6-13/h12-14H,3-11,16H2,1-2H3. The van der Waals surface area contributed by atoms with E-state index < -0.39 is 0 Å². The number of nitrogens with two attached hydrogens (primary N) is 1. The molecule has 0 unspecified atom stereocenters. The zero-order valence-electron chi connectivity index (χ0n) is 11.2. The molecule has 0 bridgehead atoms. The minimum Gasteiger partial charge on any atom is -0.325 e. The Morgan fingerprint density at radius 1 is 1.06 bits per heavy atom. The third-order valence-corrected chi connectivity index (χ3v) is 5.14. The second-order valence-electron chi connectivity index (χ2n) is 6.80. The van der Waals surface area contributed by atoms with Crippen molar-refractivity contribution in [2.75, 3.05) is 0 Å². The van der Waals surface area contributed by atoms with Crippen molar-refractivity contribution in [2.24, 2.45) is 23.5 Å². The van der Waals surface area contributed by atoms with Gasteiger partial charge in [0.15, 0.2) is 0 Å². The van der Waals surface area contributed by atoms with Crippen LogP contribution in [0.3, 0.4) is 0 Å². The highest BCUT2D eigenvalue weighted by atomic mass is 14.7. The fourth-order valence-corrected chi connectivity index (χ4v) is 3.88. The van der Waals surface area contributed by atoms with E-state index in [1.165, 1.54) is 57.8 Å². The summed E-state index contributed by atoms with van der Waals surface area (Å²) in [5.74, 6) is 2.76. The highest BCUT2D eigenvalue weighted by Gasteiger charge is 2.35. The smallest absolute Gasteiger partial charge is 0.0157 e. The van der Waals surface area contributed by atoms with Gasteiger partial charge in [-0.15, -0.1) is 0 Å². The molecule has 2 saturated carbocycles. The zero-order valence-corrected chi connectivity index (χ0v) is 11.2. The first kappa shape index (κ1) is 12.4. The van der Waals surface area contributed by atoms with Crippen molar-refractivity contribution in [2.45, 2.75) is 77.2 Å². The molecule has 2 aliphatic rings. The Morgan fingerprint density at radius 3 is 2.12 bits per heavy atom. The Labute approximate surface area is 101 Å². The molecule has 2 aliphatic carbocycles. The van der Waals surface area contributed by atoms with Gasteiger partial charge in [-0.1, -0.05) is 39.5 Å². The normalized spacial score (nSPS) is 37.1. The molecule has 0 aromatic heterocycles. The average molecular weight is 223 g/mol. The highest BCUT2D eigenvalue weighted by Crippen LogP contribution is 2.40. The summed E-state index contributed by atoms with van der Waals surface area (Å²) in [7, 11) is 0. The summed E-state index contributed by atoms with van der Waals surface area (Å²) in [6.45, 7) is 4.73. The Bertz CT molecular complexity index is 207. The van der Waals surface area contributed by atoms with Crippen LogP contribution in [0.1, 0.15) is 71.6 Å². The lowest BCUT2D eigenvalue weighted by atomic mass is 9.70. The van der Waals surface area contributed by atoms with Gasteiger partial charge in [0, 0.05) is 5.54 Å². The molecule has 0 aromatic carbocycles. The summed E-state index contributed by atoms with van der Waals surface area (Å²) in [4.78, 5) is 0. The summed E-state index contributed by atoms with van der Waals surface area (Å²) in [6, 6.07) is 0. The van der Waals surface area contributed by atoms with Crippen LogP contribution in [-0.2, 0) is 0 Å². The van der Waals surface area contributed by atoms with Crippen LogP contribution >= 0.6 is 0 Å². The van der Waals surface area contributed by atoms with Crippen molar-refractivity contribution in [3.8, 4) is 0 Å². The van der Waals surface area contributed by atoms with Gasteiger partial charge in [-0.2, -0.15) is 0 Å². The van der Waals surface area contributed by atoms with Gasteiger partial charge in [0.2, 0.25) is 0 Å². The molecule has 2 N–H and O–H groups in total. The first-order chi connectivity index (χ1) is 7.59. The third kappa shape index (κ3) is 3.00. The van der Waals surface area contributed by atoms with Gasteiger partial charge in [-0.05, 0) is 49.9 Å². The van der Waals surface area contributed by atoms with E-state index in [1.807, 2.05) is 0 Å². The quantitative estimate of drug-likeness (QED) is 0.765. The largest absolute Gasteiger partial charge is 0.325 e. The van der Waals surface area contributed by atoms with Crippen LogP contribution in [-0.4, -0.2) is 5.54 Å². The summed E-state index contributed by atoms with van der Waals surface area (Å²) < 4.78 is 0. The van der Waals surface area contributed by atoms with E-state index in [0.29, 0.717) is 0 Å². The first-order valence-electron chi connectivity index (χ1n) is 7.38. The monoisotopic (exact) mass is 223 g/mol. The van der Waals surface area contributed by atoms with Crippen LogP contribution in [0.15, 0.2) is 0 Å². The van der Waals surface area contributed by atoms with E-state index in [9.17, 15) is 0 Å². The van der Waals surface area contributed by atoms with Crippen LogP contribution in [0.4, 0.5) is 0 Å². The van der Waals surface area contributed by atoms with Gasteiger partial charge in [0.25, 0.3) is 0 Å². The van der Waals surface area contributed by atoms with E-state index in [4.69, 9.17) is 5.73 Å². The lowest BCUT2D eigenvalue weighted by Gasteiger charge is -2.40. The fraction of sp³-hybridized carbons (Fsp3) is 1.00. The molecule has 16 heavy (non-hydrogen) atoms. The molecule has 0 saturated heterocycles. The van der Waals surface area contributed by atoms with Crippen molar-refractivity contribution in [1.82, 2.24) is 0 Å². The molecule has 2 rings (SSSR count). The van der Waals surface area contributed by atoms with Crippen LogP contribution in [0.25, 0.3) is 0 Å². The molecule has 0 amide bonds. The Kier molecular flexibility index (Phi) is 3.94. The first-order valence-corrected chi connectivity index (χ1v) is 7.38. The minimum atomic E-state index is 0.209. The van der Waals surface area contributed by atoms with Crippen LogP contribution in [0.2, 0.25) is 0 Å². The molecule has 94 valence electrons. The molecule has 0 aromatic rings. The fourth-order valence-electron chi connectivity index (χ4n) is 3.88. The maximum atomic E-state index is 6.60. The van der Waals surface area contributed by atoms with Gasteiger partial charge in [0.05, 0.1) is 0 Å². The van der Waals surface area contributed by atoms with Gasteiger partial charge >= 0.3 is 0 Å². The topological polar surface area (TPSA) is 26.0 Å². The Balaban J connectivity index is 1.81. The van der Waals surface area contributed by atoms with E-state index in [0.717, 1.165) is 17.8 Å². The summed E-state index contributed by atoms with van der Waals surface area (Å²) in [6.07, 6.45) is 12.4. The Morgan fingerprint density at radius 2 is 1.62 bits per heavy atom. The number of rotatable bonds is 3. The molecular formula is C15H29N. The van der Waals surface area contributed by atoms with Crippen molar-refractivity contribution >= 4 is 0 Å². The second-order valence-corrected chi connectivity index (χ2v) is 6.80. The number of hydrogen-bond acceptors (Lipinski definition) is 1. The molecule has 0 heterocycles. The van der Waals surface area contributed by atoms with E-state index in [1.54, 1.807) is 0 Å². The van der Waals surface area contributed by atoms with Gasteiger partial charge in [-0.3, -0.25) is 0 Å². The summed E-state index contributed by atoms with van der Waals surface area (Å²) >= 11 is 0. The molecule has 0 spiro atoms. The second kappa shape index (κ2) is 5.08. The third-order valence-electron chi connectivity index (χ3n) is 5.14. The van der Waals surface area contributed by atoms with E-state index in [-0.39, 0.29) is 5.54 Å². The maximum Gasteiger partial charge on any atom is 0.0157 e. The SMILES string of the molecule is CC(C)C1CCC(N)(CC2CCCC2)CC1. The summed E-state index contributed by atoms with van der Waals surface area (Å²) in [5.41, 5.74) is 6.81. The minimum absolute atomic E-state index is 0.209. The van der Waals surface area contributed by atoms with Crippen LogP contribution in [0.5, 0.6) is 0 Å². The van der Waals surface area contributed by atoms with Gasteiger partial charge < -0.3 is 5.73 Å². The van der Waals surface area contributed by atoms with Crippen LogP contribution < -0.4 is 5.73 Å². The lowest BCUT2D eigenvalue weighted by molar-refractivity contribution is 0.168. The molecule has 2 fully saturated rings. The Hall–Kier alpha value is -0.0400. The average Bonchev–Trinajstić information content (AvgIpc) is 2.70. The molecule has 0 radical (unpaired) electrons. The summed E-state index contributed by atoms with van der Waals surface area (Å²) in [5, 5.41) is 0. The van der Waals surface area contributed by atoms with Crippen LogP contribution in [0, 0.1) is 17.8 Å².